The number of hydrogen-bond donors (Lipinski definition) is 2. The fourth-order valence-corrected chi connectivity index (χ4v) is 3.22. The summed E-state index contributed by atoms with van der Waals surface area (Å²) in [5.41, 5.74) is 0. The number of piperidine rings is 1. The first-order valence-electron chi connectivity index (χ1n) is 8.02. The largest absolute Gasteiger partial charge is 0.355 e. The molecule has 2 N–H and O–H groups in total. The Kier molecular flexibility index (Phi) is 6.89. The Morgan fingerprint density at radius 1 is 1.33 bits per heavy atom. The molecule has 0 aromatic carbocycles. The predicted octanol–water partition coefficient (Wildman–Crippen LogP) is 0.186. The summed E-state index contributed by atoms with van der Waals surface area (Å²) < 4.78 is 10.5. The van der Waals surface area contributed by atoms with Gasteiger partial charge in [0.15, 0.2) is 6.29 Å². The summed E-state index contributed by atoms with van der Waals surface area (Å²) in [4.78, 5) is 14.4. The molecule has 2 atom stereocenters. The number of rotatable bonds is 7. The second-order valence-electron chi connectivity index (χ2n) is 6.06. The van der Waals surface area contributed by atoms with Gasteiger partial charge in [0.05, 0.1) is 6.04 Å². The number of ether oxygens (including phenoxy) is 2. The van der Waals surface area contributed by atoms with Crippen LogP contribution in [0.1, 0.15) is 25.7 Å². The first-order chi connectivity index (χ1) is 10.2. The molecule has 0 aromatic heterocycles. The average molecular weight is 299 g/mol. The molecule has 2 rings (SSSR count). The third-order valence-electron chi connectivity index (χ3n) is 4.48. The standard InChI is InChI=1S/C15H29N3O3/c1-20-14(21-2)11-18-8-4-5-12(10-18)9-17-15(19)13-6-3-7-16-13/h12-14,16H,3-11H2,1-2H3,(H,17,19). The highest BCUT2D eigenvalue weighted by atomic mass is 16.7. The highest BCUT2D eigenvalue weighted by molar-refractivity contribution is 5.81. The van der Waals surface area contributed by atoms with Crippen LogP contribution in [0.5, 0.6) is 0 Å². The maximum absolute atomic E-state index is 12.0. The van der Waals surface area contributed by atoms with Crippen molar-refractivity contribution in [3.63, 3.8) is 0 Å². The normalized spacial score (nSPS) is 27.2. The molecule has 0 saturated carbocycles. The Bertz CT molecular complexity index is 317. The summed E-state index contributed by atoms with van der Waals surface area (Å²) in [6.45, 7) is 4.62. The van der Waals surface area contributed by atoms with Gasteiger partial charge >= 0.3 is 0 Å². The lowest BCUT2D eigenvalue weighted by molar-refractivity contribution is -0.124. The van der Waals surface area contributed by atoms with E-state index >= 15 is 0 Å². The van der Waals surface area contributed by atoms with Crippen molar-refractivity contribution in [1.82, 2.24) is 15.5 Å². The van der Waals surface area contributed by atoms with Gasteiger partial charge in [-0.25, -0.2) is 0 Å². The minimum atomic E-state index is -0.166. The third kappa shape index (κ3) is 5.21. The molecule has 2 aliphatic heterocycles. The number of likely N-dealkylation sites (tertiary alicyclic amines) is 1. The molecule has 2 unspecified atom stereocenters. The van der Waals surface area contributed by atoms with Crippen molar-refractivity contribution in [3.8, 4) is 0 Å². The third-order valence-corrected chi connectivity index (χ3v) is 4.48. The molecule has 2 aliphatic rings. The molecule has 0 aromatic rings. The topological polar surface area (TPSA) is 62.8 Å². The first kappa shape index (κ1) is 16.7. The lowest BCUT2D eigenvalue weighted by Crippen LogP contribution is -2.47. The number of carbonyl (C=O) groups excluding carboxylic acids is 1. The van der Waals surface area contributed by atoms with Gasteiger partial charge in [0.2, 0.25) is 5.91 Å². The van der Waals surface area contributed by atoms with Gasteiger partial charge in [-0.2, -0.15) is 0 Å². The van der Waals surface area contributed by atoms with Gasteiger partial charge in [-0.05, 0) is 44.7 Å². The maximum Gasteiger partial charge on any atom is 0.237 e. The van der Waals surface area contributed by atoms with Crippen molar-refractivity contribution in [2.45, 2.75) is 38.0 Å². The smallest absolute Gasteiger partial charge is 0.237 e. The Morgan fingerprint density at radius 2 is 2.14 bits per heavy atom. The van der Waals surface area contributed by atoms with E-state index in [1.807, 2.05) is 0 Å². The highest BCUT2D eigenvalue weighted by Gasteiger charge is 2.25. The number of methoxy groups -OCH3 is 2. The zero-order chi connectivity index (χ0) is 15.1. The van der Waals surface area contributed by atoms with Crippen LogP contribution < -0.4 is 10.6 Å². The Balaban J connectivity index is 1.69. The quantitative estimate of drug-likeness (QED) is 0.657. The van der Waals surface area contributed by atoms with E-state index in [4.69, 9.17) is 9.47 Å². The minimum absolute atomic E-state index is 0.0241. The second kappa shape index (κ2) is 8.68. The summed E-state index contributed by atoms with van der Waals surface area (Å²) in [6.07, 6.45) is 4.25. The summed E-state index contributed by atoms with van der Waals surface area (Å²) >= 11 is 0. The zero-order valence-electron chi connectivity index (χ0n) is 13.3. The predicted molar refractivity (Wildman–Crippen MR) is 81.0 cm³/mol. The van der Waals surface area contributed by atoms with Crippen molar-refractivity contribution in [2.75, 3.05) is 46.9 Å². The van der Waals surface area contributed by atoms with E-state index < -0.39 is 0 Å². The Morgan fingerprint density at radius 3 is 2.81 bits per heavy atom. The van der Waals surface area contributed by atoms with Gasteiger partial charge in [0, 0.05) is 33.9 Å². The van der Waals surface area contributed by atoms with Crippen LogP contribution in [0, 0.1) is 5.92 Å². The molecule has 0 aliphatic carbocycles. The van der Waals surface area contributed by atoms with Crippen LogP contribution in [0.25, 0.3) is 0 Å². The van der Waals surface area contributed by atoms with Crippen molar-refractivity contribution in [3.05, 3.63) is 0 Å². The lowest BCUT2D eigenvalue weighted by atomic mass is 9.98. The van der Waals surface area contributed by atoms with Crippen LogP contribution in [0.4, 0.5) is 0 Å². The summed E-state index contributed by atoms with van der Waals surface area (Å²) in [7, 11) is 3.34. The Labute approximate surface area is 127 Å². The monoisotopic (exact) mass is 299 g/mol. The van der Waals surface area contributed by atoms with E-state index in [1.54, 1.807) is 14.2 Å². The van der Waals surface area contributed by atoms with Gasteiger partial charge in [0.1, 0.15) is 0 Å². The van der Waals surface area contributed by atoms with Gasteiger partial charge in [-0.15, -0.1) is 0 Å². The van der Waals surface area contributed by atoms with Crippen LogP contribution in [0.15, 0.2) is 0 Å². The molecule has 2 fully saturated rings. The number of nitrogens with one attached hydrogen (secondary N) is 2. The van der Waals surface area contributed by atoms with Crippen LogP contribution in [0.3, 0.4) is 0 Å². The molecule has 6 heteroatoms. The summed E-state index contributed by atoms with van der Waals surface area (Å²) in [5, 5.41) is 6.34. The fourth-order valence-electron chi connectivity index (χ4n) is 3.22. The van der Waals surface area contributed by atoms with Crippen molar-refractivity contribution in [1.29, 1.82) is 0 Å². The molecule has 21 heavy (non-hydrogen) atoms. The van der Waals surface area contributed by atoms with Crippen molar-refractivity contribution >= 4 is 5.91 Å². The number of nitrogens with zero attached hydrogens (tertiary/aromatic N) is 1. The highest BCUT2D eigenvalue weighted by Crippen LogP contribution is 2.16. The minimum Gasteiger partial charge on any atom is -0.355 e. The molecule has 0 bridgehead atoms. The molecule has 2 heterocycles. The molecular weight excluding hydrogens is 270 g/mol. The number of hydrogen-bond acceptors (Lipinski definition) is 5. The molecule has 6 nitrogen and oxygen atoms in total. The molecule has 0 spiro atoms. The van der Waals surface area contributed by atoms with E-state index in [-0.39, 0.29) is 18.2 Å². The van der Waals surface area contributed by atoms with Gasteiger partial charge in [0.25, 0.3) is 0 Å². The lowest BCUT2D eigenvalue weighted by Gasteiger charge is -2.34. The molecule has 2 saturated heterocycles. The van der Waals surface area contributed by atoms with Crippen molar-refractivity contribution in [2.24, 2.45) is 5.92 Å². The molecule has 1 amide bonds. The second-order valence-corrected chi connectivity index (χ2v) is 6.06. The number of carbonyl (C=O) groups is 1. The van der Waals surface area contributed by atoms with E-state index in [0.717, 1.165) is 45.6 Å². The molecule has 122 valence electrons. The van der Waals surface area contributed by atoms with Crippen LogP contribution in [-0.2, 0) is 14.3 Å². The summed E-state index contributed by atoms with van der Waals surface area (Å²) in [6, 6.07) is 0.0241. The van der Waals surface area contributed by atoms with Gasteiger partial charge in [-0.1, -0.05) is 0 Å². The van der Waals surface area contributed by atoms with Crippen LogP contribution in [0.2, 0.25) is 0 Å². The summed E-state index contributed by atoms with van der Waals surface area (Å²) in [5.74, 6) is 0.690. The van der Waals surface area contributed by atoms with E-state index in [9.17, 15) is 4.79 Å². The molecular formula is C15H29N3O3. The fraction of sp³-hybridized carbons (Fsp3) is 0.933. The first-order valence-corrected chi connectivity index (χ1v) is 8.02. The SMILES string of the molecule is COC(CN1CCCC(CNC(=O)C2CCCN2)C1)OC. The maximum atomic E-state index is 12.0. The Hall–Kier alpha value is -0.690. The van der Waals surface area contributed by atoms with Gasteiger partial charge < -0.3 is 20.1 Å². The van der Waals surface area contributed by atoms with Crippen LogP contribution in [-0.4, -0.2) is 70.1 Å². The van der Waals surface area contributed by atoms with E-state index in [0.29, 0.717) is 5.92 Å². The van der Waals surface area contributed by atoms with Crippen molar-refractivity contribution < 1.29 is 14.3 Å². The van der Waals surface area contributed by atoms with Crippen LogP contribution >= 0.6 is 0 Å². The van der Waals surface area contributed by atoms with Gasteiger partial charge in [-0.3, -0.25) is 9.69 Å². The average Bonchev–Trinajstić information content (AvgIpc) is 3.05. The molecule has 0 radical (unpaired) electrons. The zero-order valence-corrected chi connectivity index (χ0v) is 13.3. The van der Waals surface area contributed by atoms with E-state index in [2.05, 4.69) is 15.5 Å². The van der Waals surface area contributed by atoms with E-state index in [1.165, 1.54) is 12.8 Å². The number of amides is 1.